The van der Waals surface area contributed by atoms with E-state index in [2.05, 4.69) is 5.32 Å². The van der Waals surface area contributed by atoms with Gasteiger partial charge in [-0.3, -0.25) is 9.59 Å². The molecule has 1 fully saturated rings. The average molecular weight is 450 g/mol. The molecule has 7 nitrogen and oxygen atoms in total. The van der Waals surface area contributed by atoms with Crippen LogP contribution in [0.25, 0.3) is 0 Å². The maximum atomic E-state index is 12.8. The number of amides is 2. The minimum atomic E-state index is -3.57. The molecule has 0 saturated carbocycles. The molecule has 0 unspecified atom stereocenters. The van der Waals surface area contributed by atoms with Crippen LogP contribution in [-0.4, -0.2) is 55.6 Å². The molecule has 162 valence electrons. The lowest BCUT2D eigenvalue weighted by molar-refractivity contribution is -0.120. The highest BCUT2D eigenvalue weighted by molar-refractivity contribution is 7.91. The standard InChI is InChI=1S/C21H27N3O4S2/c1-3-23(4-2)21(26)16-8-5-10-18(14-16)22-20(25)17-9-6-12-24(15-17)30(27,28)19-11-7-13-29-19/h5,7-8,10-11,13-14,17H,3-4,6,9,12,15H2,1-2H3,(H,22,25)/t17-/m0/s1. The van der Waals surface area contributed by atoms with E-state index in [1.807, 2.05) is 13.8 Å². The first kappa shape index (κ1) is 22.5. The third-order valence-electron chi connectivity index (χ3n) is 5.27. The molecule has 2 heterocycles. The van der Waals surface area contributed by atoms with Gasteiger partial charge in [-0.2, -0.15) is 4.31 Å². The normalized spacial score (nSPS) is 17.5. The number of carbonyl (C=O) groups excluding carboxylic acids is 2. The minimum Gasteiger partial charge on any atom is -0.339 e. The number of hydrogen-bond donors (Lipinski definition) is 1. The zero-order valence-corrected chi connectivity index (χ0v) is 18.8. The molecule has 1 N–H and O–H groups in total. The fraction of sp³-hybridized carbons (Fsp3) is 0.429. The molecule has 2 amide bonds. The highest BCUT2D eigenvalue weighted by atomic mass is 32.2. The summed E-state index contributed by atoms with van der Waals surface area (Å²) in [5.74, 6) is -0.744. The predicted octanol–water partition coefficient (Wildman–Crippen LogP) is 3.27. The Kier molecular flexibility index (Phi) is 7.27. The maximum Gasteiger partial charge on any atom is 0.253 e. The Balaban J connectivity index is 1.69. The Labute approximate surface area is 181 Å². The van der Waals surface area contributed by atoms with Gasteiger partial charge in [-0.15, -0.1) is 11.3 Å². The average Bonchev–Trinajstić information content (AvgIpc) is 3.31. The monoisotopic (exact) mass is 449 g/mol. The zero-order chi connectivity index (χ0) is 21.7. The van der Waals surface area contributed by atoms with E-state index in [9.17, 15) is 18.0 Å². The number of rotatable bonds is 7. The molecular weight excluding hydrogens is 422 g/mol. The van der Waals surface area contributed by atoms with Crippen molar-refractivity contribution in [2.75, 3.05) is 31.5 Å². The molecule has 0 radical (unpaired) electrons. The molecule has 0 aliphatic carbocycles. The summed E-state index contributed by atoms with van der Waals surface area (Å²) in [6, 6.07) is 10.2. The Morgan fingerprint density at radius 1 is 1.20 bits per heavy atom. The molecule has 3 rings (SSSR count). The summed E-state index contributed by atoms with van der Waals surface area (Å²) in [7, 11) is -3.57. The van der Waals surface area contributed by atoms with Crippen molar-refractivity contribution in [3.63, 3.8) is 0 Å². The SMILES string of the molecule is CCN(CC)C(=O)c1cccc(NC(=O)[C@H]2CCCN(S(=O)(=O)c3cccs3)C2)c1. The maximum absolute atomic E-state index is 12.8. The lowest BCUT2D eigenvalue weighted by Gasteiger charge is -2.30. The Morgan fingerprint density at radius 3 is 2.63 bits per heavy atom. The topological polar surface area (TPSA) is 86.8 Å². The first-order valence-corrected chi connectivity index (χ1v) is 12.4. The smallest absolute Gasteiger partial charge is 0.253 e. The Bertz CT molecular complexity index is 985. The van der Waals surface area contributed by atoms with Gasteiger partial charge in [-0.05, 0) is 56.3 Å². The number of sulfonamides is 1. The van der Waals surface area contributed by atoms with Crippen LogP contribution in [0.5, 0.6) is 0 Å². The first-order chi connectivity index (χ1) is 14.4. The lowest BCUT2D eigenvalue weighted by Crippen LogP contribution is -2.43. The van der Waals surface area contributed by atoms with Crippen molar-refractivity contribution in [2.24, 2.45) is 5.92 Å². The molecule has 0 spiro atoms. The van der Waals surface area contributed by atoms with E-state index < -0.39 is 15.9 Å². The second kappa shape index (κ2) is 9.72. The van der Waals surface area contributed by atoms with Gasteiger partial charge in [0.15, 0.2) is 0 Å². The number of nitrogens with zero attached hydrogens (tertiary/aromatic N) is 2. The van der Waals surface area contributed by atoms with Crippen LogP contribution in [-0.2, 0) is 14.8 Å². The zero-order valence-electron chi connectivity index (χ0n) is 17.2. The Hall–Kier alpha value is -2.23. The van der Waals surface area contributed by atoms with Gasteiger partial charge in [-0.25, -0.2) is 8.42 Å². The number of hydrogen-bond acceptors (Lipinski definition) is 5. The summed E-state index contributed by atoms with van der Waals surface area (Å²) in [5.41, 5.74) is 1.05. The molecule has 9 heteroatoms. The molecule has 1 aromatic heterocycles. The molecule has 1 aliphatic heterocycles. The fourth-order valence-electron chi connectivity index (χ4n) is 3.58. The number of benzene rings is 1. The molecule has 1 aliphatic rings. The summed E-state index contributed by atoms with van der Waals surface area (Å²) in [4.78, 5) is 27.1. The number of nitrogens with one attached hydrogen (secondary N) is 1. The van der Waals surface area contributed by atoms with Crippen LogP contribution in [0.3, 0.4) is 0 Å². The fourth-order valence-corrected chi connectivity index (χ4v) is 6.25. The summed E-state index contributed by atoms with van der Waals surface area (Å²) in [5, 5.41) is 4.59. The van der Waals surface area contributed by atoms with Crippen LogP contribution in [0.2, 0.25) is 0 Å². The van der Waals surface area contributed by atoms with Crippen molar-refractivity contribution in [1.82, 2.24) is 9.21 Å². The van der Waals surface area contributed by atoms with Crippen molar-refractivity contribution in [3.8, 4) is 0 Å². The largest absolute Gasteiger partial charge is 0.339 e. The lowest BCUT2D eigenvalue weighted by atomic mass is 9.98. The predicted molar refractivity (Wildman–Crippen MR) is 118 cm³/mol. The molecule has 1 atom stereocenters. The molecule has 1 saturated heterocycles. The second-order valence-corrected chi connectivity index (χ2v) is 10.3. The van der Waals surface area contributed by atoms with Crippen molar-refractivity contribution >= 4 is 38.9 Å². The molecular formula is C21H27N3O4S2. The summed E-state index contributed by atoms with van der Waals surface area (Å²) in [6.45, 7) is 5.64. The van der Waals surface area contributed by atoms with Crippen LogP contribution in [0, 0.1) is 5.92 Å². The van der Waals surface area contributed by atoms with E-state index in [0.29, 0.717) is 47.9 Å². The van der Waals surface area contributed by atoms with E-state index in [1.54, 1.807) is 46.7 Å². The van der Waals surface area contributed by atoms with E-state index >= 15 is 0 Å². The van der Waals surface area contributed by atoms with Crippen LogP contribution in [0.15, 0.2) is 46.0 Å². The molecule has 2 aromatic rings. The van der Waals surface area contributed by atoms with Crippen molar-refractivity contribution in [3.05, 3.63) is 47.3 Å². The highest BCUT2D eigenvalue weighted by Gasteiger charge is 2.33. The van der Waals surface area contributed by atoms with E-state index in [4.69, 9.17) is 0 Å². The van der Waals surface area contributed by atoms with Gasteiger partial charge < -0.3 is 10.2 Å². The number of thiophene rings is 1. The molecule has 30 heavy (non-hydrogen) atoms. The van der Waals surface area contributed by atoms with Crippen LogP contribution < -0.4 is 5.32 Å². The van der Waals surface area contributed by atoms with Gasteiger partial charge in [0.05, 0.1) is 5.92 Å². The van der Waals surface area contributed by atoms with Crippen molar-refractivity contribution in [1.29, 1.82) is 0 Å². The van der Waals surface area contributed by atoms with Gasteiger partial charge in [-0.1, -0.05) is 12.1 Å². The van der Waals surface area contributed by atoms with E-state index in [-0.39, 0.29) is 18.4 Å². The van der Waals surface area contributed by atoms with Gasteiger partial charge in [0, 0.05) is 37.4 Å². The van der Waals surface area contributed by atoms with Gasteiger partial charge in [0.25, 0.3) is 15.9 Å². The van der Waals surface area contributed by atoms with Gasteiger partial charge >= 0.3 is 0 Å². The highest BCUT2D eigenvalue weighted by Crippen LogP contribution is 2.27. The van der Waals surface area contributed by atoms with Crippen molar-refractivity contribution in [2.45, 2.75) is 30.9 Å². The van der Waals surface area contributed by atoms with Crippen molar-refractivity contribution < 1.29 is 18.0 Å². The van der Waals surface area contributed by atoms with Crippen LogP contribution in [0.1, 0.15) is 37.0 Å². The van der Waals surface area contributed by atoms with Gasteiger partial charge in [0.2, 0.25) is 5.91 Å². The Morgan fingerprint density at radius 2 is 1.97 bits per heavy atom. The summed E-state index contributed by atoms with van der Waals surface area (Å²) >= 11 is 1.18. The first-order valence-electron chi connectivity index (χ1n) is 10.1. The quantitative estimate of drug-likeness (QED) is 0.703. The summed E-state index contributed by atoms with van der Waals surface area (Å²) in [6.07, 6.45) is 1.25. The summed E-state index contributed by atoms with van der Waals surface area (Å²) < 4.78 is 27.2. The number of carbonyl (C=O) groups is 2. The van der Waals surface area contributed by atoms with E-state index in [0.717, 1.165) is 0 Å². The number of piperidine rings is 1. The molecule has 0 bridgehead atoms. The molecule has 1 aromatic carbocycles. The van der Waals surface area contributed by atoms with Crippen LogP contribution >= 0.6 is 11.3 Å². The third kappa shape index (κ3) is 4.91. The van der Waals surface area contributed by atoms with E-state index in [1.165, 1.54) is 15.6 Å². The second-order valence-electron chi connectivity index (χ2n) is 7.18. The van der Waals surface area contributed by atoms with Gasteiger partial charge in [0.1, 0.15) is 4.21 Å². The minimum absolute atomic E-state index is 0.0815. The number of anilines is 1. The van der Waals surface area contributed by atoms with Crippen LogP contribution in [0.4, 0.5) is 5.69 Å². The third-order valence-corrected chi connectivity index (χ3v) is 8.51.